The fourth-order valence-electron chi connectivity index (χ4n) is 1.72. The highest BCUT2D eigenvalue weighted by Gasteiger charge is 2.12. The first-order valence-corrected chi connectivity index (χ1v) is 6.79. The van der Waals surface area contributed by atoms with Gasteiger partial charge in [0.15, 0.2) is 0 Å². The molecule has 1 amide bonds. The van der Waals surface area contributed by atoms with E-state index >= 15 is 0 Å². The number of rotatable bonds is 4. The van der Waals surface area contributed by atoms with E-state index in [2.05, 4.69) is 15.4 Å². The van der Waals surface area contributed by atoms with Gasteiger partial charge < -0.3 is 5.32 Å². The first-order chi connectivity index (χ1) is 9.99. The molecular formula is C13H11Cl2N5O. The number of hydrogen-bond acceptors (Lipinski definition) is 4. The molecule has 8 heteroatoms. The van der Waals surface area contributed by atoms with Crippen molar-refractivity contribution in [3.05, 3.63) is 46.0 Å². The first kappa shape index (κ1) is 15.3. The molecule has 1 aromatic carbocycles. The van der Waals surface area contributed by atoms with Crippen LogP contribution in [0.25, 0.3) is 0 Å². The number of nitrogens with one attached hydrogen (secondary N) is 1. The van der Waals surface area contributed by atoms with Crippen LogP contribution in [0.3, 0.4) is 0 Å². The second-order valence-corrected chi connectivity index (χ2v) is 5.15. The molecule has 1 aromatic heterocycles. The number of nitriles is 1. The number of halogens is 2. The highest BCUT2D eigenvalue weighted by molar-refractivity contribution is 6.42. The summed E-state index contributed by atoms with van der Waals surface area (Å²) in [6.45, 7) is 1.82. The van der Waals surface area contributed by atoms with E-state index in [0.717, 1.165) is 5.56 Å². The van der Waals surface area contributed by atoms with E-state index in [0.29, 0.717) is 10.0 Å². The number of benzene rings is 1. The third kappa shape index (κ3) is 3.94. The summed E-state index contributed by atoms with van der Waals surface area (Å²) in [5.41, 5.74) is 0.842. The lowest BCUT2D eigenvalue weighted by Gasteiger charge is -2.15. The zero-order chi connectivity index (χ0) is 15.4. The van der Waals surface area contributed by atoms with E-state index in [1.807, 2.05) is 6.92 Å². The second kappa shape index (κ2) is 6.57. The summed E-state index contributed by atoms with van der Waals surface area (Å²) in [6.07, 6.45) is 1.34. The van der Waals surface area contributed by atoms with Gasteiger partial charge in [-0.25, -0.2) is 9.67 Å². The molecule has 0 fully saturated rings. The van der Waals surface area contributed by atoms with Crippen LogP contribution in [0, 0.1) is 11.3 Å². The smallest absolute Gasteiger partial charge is 0.252 e. The Bertz CT molecular complexity index is 707. The summed E-state index contributed by atoms with van der Waals surface area (Å²) in [5.74, 6) is -0.219. The number of carbonyl (C=O) groups excluding carboxylic acids is 1. The molecule has 0 radical (unpaired) electrons. The zero-order valence-corrected chi connectivity index (χ0v) is 12.6. The number of amides is 1. The second-order valence-electron chi connectivity index (χ2n) is 4.34. The Morgan fingerprint density at radius 2 is 2.24 bits per heavy atom. The molecule has 108 valence electrons. The average Bonchev–Trinajstić information content (AvgIpc) is 2.89. The Balaban J connectivity index is 1.98. The van der Waals surface area contributed by atoms with Crippen LogP contribution in [-0.2, 0) is 11.3 Å². The van der Waals surface area contributed by atoms with Crippen molar-refractivity contribution in [1.29, 1.82) is 5.26 Å². The lowest BCUT2D eigenvalue weighted by molar-refractivity contribution is -0.122. The number of nitrogens with zero attached hydrogens (tertiary/aromatic N) is 4. The van der Waals surface area contributed by atoms with Crippen LogP contribution in [0.4, 0.5) is 0 Å². The summed E-state index contributed by atoms with van der Waals surface area (Å²) < 4.78 is 1.30. The predicted molar refractivity (Wildman–Crippen MR) is 77.8 cm³/mol. The van der Waals surface area contributed by atoms with Crippen LogP contribution in [0.5, 0.6) is 0 Å². The molecule has 21 heavy (non-hydrogen) atoms. The van der Waals surface area contributed by atoms with E-state index in [4.69, 9.17) is 28.5 Å². The van der Waals surface area contributed by atoms with Crippen molar-refractivity contribution in [2.24, 2.45) is 0 Å². The van der Waals surface area contributed by atoms with Gasteiger partial charge in [-0.3, -0.25) is 4.79 Å². The topological polar surface area (TPSA) is 83.6 Å². The van der Waals surface area contributed by atoms with Crippen LogP contribution < -0.4 is 5.32 Å². The minimum absolute atomic E-state index is 0.0135. The molecule has 0 saturated heterocycles. The molecule has 0 saturated carbocycles. The largest absolute Gasteiger partial charge is 0.348 e. The Labute approximate surface area is 131 Å². The minimum atomic E-state index is -0.247. The maximum absolute atomic E-state index is 11.9. The molecule has 0 aliphatic rings. The molecule has 0 aliphatic carbocycles. The van der Waals surface area contributed by atoms with Gasteiger partial charge in [0.05, 0.1) is 16.1 Å². The van der Waals surface area contributed by atoms with Crippen LogP contribution in [-0.4, -0.2) is 20.7 Å². The van der Waals surface area contributed by atoms with Crippen molar-refractivity contribution < 1.29 is 4.79 Å². The number of aromatic nitrogens is 3. The van der Waals surface area contributed by atoms with Crippen molar-refractivity contribution in [3.63, 3.8) is 0 Å². The van der Waals surface area contributed by atoms with Crippen LogP contribution in [0.2, 0.25) is 10.0 Å². The summed E-state index contributed by atoms with van der Waals surface area (Å²) in [6, 6.07) is 6.75. The van der Waals surface area contributed by atoms with Crippen molar-refractivity contribution in [1.82, 2.24) is 20.1 Å². The monoisotopic (exact) mass is 323 g/mol. The maximum atomic E-state index is 11.9. The minimum Gasteiger partial charge on any atom is -0.348 e. The van der Waals surface area contributed by atoms with E-state index in [9.17, 15) is 4.79 Å². The van der Waals surface area contributed by atoms with Gasteiger partial charge in [-0.1, -0.05) is 29.3 Å². The van der Waals surface area contributed by atoms with Crippen molar-refractivity contribution in [2.45, 2.75) is 19.5 Å². The normalized spacial score (nSPS) is 11.7. The van der Waals surface area contributed by atoms with Gasteiger partial charge in [0, 0.05) is 0 Å². The van der Waals surface area contributed by atoms with Crippen molar-refractivity contribution in [3.8, 4) is 6.07 Å². The van der Waals surface area contributed by atoms with Gasteiger partial charge >= 0.3 is 0 Å². The summed E-state index contributed by atoms with van der Waals surface area (Å²) in [5, 5.41) is 16.1. The molecular weight excluding hydrogens is 313 g/mol. The molecule has 0 spiro atoms. The molecule has 1 N–H and O–H groups in total. The van der Waals surface area contributed by atoms with E-state index in [-0.39, 0.29) is 24.3 Å². The predicted octanol–water partition coefficient (Wildman–Crippen LogP) is 2.33. The Morgan fingerprint density at radius 1 is 1.48 bits per heavy atom. The average molecular weight is 324 g/mol. The third-order valence-corrected chi connectivity index (χ3v) is 3.50. The highest BCUT2D eigenvalue weighted by atomic mass is 35.5. The lowest BCUT2D eigenvalue weighted by Crippen LogP contribution is -2.30. The summed E-state index contributed by atoms with van der Waals surface area (Å²) >= 11 is 11.8. The SMILES string of the molecule is C[C@H](NC(=O)Cn1cnc(C#N)n1)c1ccc(Cl)c(Cl)c1. The van der Waals surface area contributed by atoms with Gasteiger partial charge in [0.2, 0.25) is 5.91 Å². The molecule has 0 bridgehead atoms. The molecule has 1 heterocycles. The van der Waals surface area contributed by atoms with Crippen LogP contribution in [0.1, 0.15) is 24.4 Å². The summed E-state index contributed by atoms with van der Waals surface area (Å²) in [4.78, 5) is 15.6. The molecule has 2 aromatic rings. The molecule has 2 rings (SSSR count). The lowest BCUT2D eigenvalue weighted by atomic mass is 10.1. The van der Waals surface area contributed by atoms with Crippen molar-refractivity contribution >= 4 is 29.1 Å². The Morgan fingerprint density at radius 3 is 2.86 bits per heavy atom. The molecule has 0 unspecified atom stereocenters. The molecule has 0 aliphatic heterocycles. The molecule has 1 atom stereocenters. The Hall–Kier alpha value is -2.10. The third-order valence-electron chi connectivity index (χ3n) is 2.76. The van der Waals surface area contributed by atoms with Gasteiger partial charge in [-0.2, -0.15) is 5.26 Å². The highest BCUT2D eigenvalue weighted by Crippen LogP contribution is 2.25. The van der Waals surface area contributed by atoms with Gasteiger partial charge in [-0.15, -0.1) is 5.10 Å². The summed E-state index contributed by atoms with van der Waals surface area (Å²) in [7, 11) is 0. The van der Waals surface area contributed by atoms with Crippen molar-refractivity contribution in [2.75, 3.05) is 0 Å². The first-order valence-electron chi connectivity index (χ1n) is 6.03. The molecule has 6 nitrogen and oxygen atoms in total. The van der Waals surface area contributed by atoms with Gasteiger partial charge in [0.25, 0.3) is 5.82 Å². The zero-order valence-electron chi connectivity index (χ0n) is 11.0. The standard InChI is InChI=1S/C13H11Cl2N5O/c1-8(9-2-3-10(14)11(15)4-9)18-13(21)6-20-7-17-12(5-16)19-20/h2-4,7-8H,6H2,1H3,(H,18,21)/t8-/m0/s1. The fourth-order valence-corrected chi connectivity index (χ4v) is 2.03. The fraction of sp³-hybridized carbons (Fsp3) is 0.231. The van der Waals surface area contributed by atoms with E-state index in [1.54, 1.807) is 24.3 Å². The van der Waals surface area contributed by atoms with Gasteiger partial charge in [0.1, 0.15) is 18.9 Å². The quantitative estimate of drug-likeness (QED) is 0.935. The number of hydrogen-bond donors (Lipinski definition) is 1. The van der Waals surface area contributed by atoms with E-state index < -0.39 is 0 Å². The maximum Gasteiger partial charge on any atom is 0.252 e. The Kier molecular flexibility index (Phi) is 4.78. The van der Waals surface area contributed by atoms with Gasteiger partial charge in [-0.05, 0) is 24.6 Å². The number of carbonyl (C=O) groups is 1. The van der Waals surface area contributed by atoms with Crippen LogP contribution in [0.15, 0.2) is 24.5 Å². The van der Waals surface area contributed by atoms with E-state index in [1.165, 1.54) is 11.0 Å². The van der Waals surface area contributed by atoms with Crippen LogP contribution >= 0.6 is 23.2 Å².